The first-order valence-corrected chi connectivity index (χ1v) is 5.40. The molecule has 0 radical (unpaired) electrons. The Labute approximate surface area is 85.1 Å². The maximum Gasteiger partial charge on any atom is 0.234 e. The summed E-state index contributed by atoms with van der Waals surface area (Å²) in [5, 5.41) is 15.2. The molecule has 82 valence electrons. The van der Waals surface area contributed by atoms with Gasteiger partial charge in [-0.1, -0.05) is 6.92 Å². The van der Waals surface area contributed by atoms with Crippen LogP contribution in [-0.2, 0) is 4.79 Å². The summed E-state index contributed by atoms with van der Waals surface area (Å²) >= 11 is 0. The van der Waals surface area contributed by atoms with E-state index in [1.54, 1.807) is 0 Å². The lowest BCUT2D eigenvalue weighted by atomic mass is 9.93. The quantitative estimate of drug-likeness (QED) is 0.599. The minimum Gasteiger partial charge on any atom is -0.393 e. The molecule has 1 aliphatic rings. The van der Waals surface area contributed by atoms with Crippen LogP contribution >= 0.6 is 0 Å². The van der Waals surface area contributed by atoms with E-state index in [0.717, 1.165) is 32.2 Å². The Morgan fingerprint density at radius 2 is 2.00 bits per heavy atom. The molecule has 1 amide bonds. The third-order valence-electron chi connectivity index (χ3n) is 2.60. The minimum absolute atomic E-state index is 0.0632. The summed E-state index contributed by atoms with van der Waals surface area (Å²) in [5.41, 5.74) is 0. The van der Waals surface area contributed by atoms with Crippen molar-refractivity contribution in [1.82, 2.24) is 10.6 Å². The topological polar surface area (TPSA) is 61.4 Å². The highest BCUT2D eigenvalue weighted by Gasteiger charge is 2.20. The third-order valence-corrected chi connectivity index (χ3v) is 2.60. The second-order valence-electron chi connectivity index (χ2n) is 3.85. The average Bonchev–Trinajstić information content (AvgIpc) is 2.18. The molecule has 4 nitrogen and oxygen atoms in total. The first-order chi connectivity index (χ1) is 6.72. The molecule has 0 aromatic heterocycles. The second-order valence-corrected chi connectivity index (χ2v) is 3.85. The lowest BCUT2D eigenvalue weighted by molar-refractivity contribution is -0.121. The van der Waals surface area contributed by atoms with Crippen LogP contribution in [0.3, 0.4) is 0 Å². The zero-order valence-electron chi connectivity index (χ0n) is 8.75. The van der Waals surface area contributed by atoms with Crippen molar-refractivity contribution in [2.45, 2.75) is 44.8 Å². The molecule has 0 heterocycles. The third kappa shape index (κ3) is 4.07. The molecule has 0 aromatic carbocycles. The van der Waals surface area contributed by atoms with Crippen molar-refractivity contribution in [2.24, 2.45) is 0 Å². The van der Waals surface area contributed by atoms with Crippen molar-refractivity contribution < 1.29 is 9.90 Å². The van der Waals surface area contributed by atoms with Crippen LogP contribution < -0.4 is 10.6 Å². The standard InChI is InChI=1S/C10H20N2O2/c1-2-11-7-10(14)12-8-3-5-9(13)6-4-8/h8-9,11,13H,2-7H2,1H3,(H,12,14). The SMILES string of the molecule is CCNCC(=O)NC1CCC(O)CC1. The number of rotatable bonds is 4. The number of amides is 1. The Morgan fingerprint density at radius 1 is 1.36 bits per heavy atom. The maximum atomic E-state index is 11.3. The molecule has 0 bridgehead atoms. The predicted molar refractivity (Wildman–Crippen MR) is 54.9 cm³/mol. The van der Waals surface area contributed by atoms with Gasteiger partial charge in [0.05, 0.1) is 12.6 Å². The molecular formula is C10H20N2O2. The van der Waals surface area contributed by atoms with Crippen LogP contribution in [0.2, 0.25) is 0 Å². The molecule has 1 aliphatic carbocycles. The van der Waals surface area contributed by atoms with Gasteiger partial charge in [0, 0.05) is 6.04 Å². The molecule has 0 aromatic rings. The van der Waals surface area contributed by atoms with E-state index in [-0.39, 0.29) is 18.1 Å². The van der Waals surface area contributed by atoms with E-state index in [9.17, 15) is 9.90 Å². The molecule has 0 unspecified atom stereocenters. The molecule has 14 heavy (non-hydrogen) atoms. The van der Waals surface area contributed by atoms with Crippen LogP contribution in [0.25, 0.3) is 0 Å². The number of carbonyl (C=O) groups is 1. The van der Waals surface area contributed by atoms with Gasteiger partial charge in [-0.3, -0.25) is 4.79 Å². The maximum absolute atomic E-state index is 11.3. The van der Waals surface area contributed by atoms with Crippen LogP contribution in [0.4, 0.5) is 0 Å². The molecule has 4 heteroatoms. The monoisotopic (exact) mass is 200 g/mol. The average molecular weight is 200 g/mol. The zero-order valence-corrected chi connectivity index (χ0v) is 8.75. The van der Waals surface area contributed by atoms with Gasteiger partial charge in [-0.15, -0.1) is 0 Å². The van der Waals surface area contributed by atoms with Crippen molar-refractivity contribution in [3.8, 4) is 0 Å². The summed E-state index contributed by atoms with van der Waals surface area (Å²) < 4.78 is 0. The molecule has 0 spiro atoms. The highest BCUT2D eigenvalue weighted by molar-refractivity contribution is 5.78. The van der Waals surface area contributed by atoms with Gasteiger partial charge in [-0.25, -0.2) is 0 Å². The van der Waals surface area contributed by atoms with E-state index in [4.69, 9.17) is 0 Å². The van der Waals surface area contributed by atoms with Gasteiger partial charge in [0.25, 0.3) is 0 Å². The molecule has 1 fully saturated rings. The van der Waals surface area contributed by atoms with E-state index in [1.165, 1.54) is 0 Å². The molecule has 0 atom stereocenters. The highest BCUT2D eigenvalue weighted by atomic mass is 16.3. The lowest BCUT2D eigenvalue weighted by Gasteiger charge is -2.26. The molecular weight excluding hydrogens is 180 g/mol. The number of aliphatic hydroxyl groups excluding tert-OH is 1. The van der Waals surface area contributed by atoms with E-state index >= 15 is 0 Å². The first kappa shape index (κ1) is 11.5. The van der Waals surface area contributed by atoms with Crippen molar-refractivity contribution in [2.75, 3.05) is 13.1 Å². The normalized spacial score (nSPS) is 27.3. The number of carbonyl (C=O) groups excluding carboxylic acids is 1. The number of aliphatic hydroxyl groups is 1. The van der Waals surface area contributed by atoms with Gasteiger partial charge >= 0.3 is 0 Å². The molecule has 1 saturated carbocycles. The van der Waals surface area contributed by atoms with Crippen LogP contribution in [-0.4, -0.2) is 36.2 Å². The van der Waals surface area contributed by atoms with E-state index in [2.05, 4.69) is 10.6 Å². The van der Waals surface area contributed by atoms with Crippen LogP contribution in [0.15, 0.2) is 0 Å². The smallest absolute Gasteiger partial charge is 0.234 e. The Balaban J connectivity index is 2.14. The van der Waals surface area contributed by atoms with Crippen molar-refractivity contribution >= 4 is 5.91 Å². The summed E-state index contributed by atoms with van der Waals surface area (Å²) in [5.74, 6) is 0.0632. The number of likely N-dealkylation sites (N-methyl/N-ethyl adjacent to an activating group) is 1. The van der Waals surface area contributed by atoms with Gasteiger partial charge in [0.15, 0.2) is 0 Å². The molecule has 1 rings (SSSR count). The van der Waals surface area contributed by atoms with E-state index in [0.29, 0.717) is 6.54 Å². The predicted octanol–water partition coefficient (Wildman–Crippen LogP) is 0.0156. The van der Waals surface area contributed by atoms with Crippen molar-refractivity contribution in [1.29, 1.82) is 0 Å². The van der Waals surface area contributed by atoms with Gasteiger partial charge in [0.1, 0.15) is 0 Å². The van der Waals surface area contributed by atoms with Gasteiger partial charge < -0.3 is 15.7 Å². The van der Waals surface area contributed by atoms with Gasteiger partial charge in [-0.2, -0.15) is 0 Å². The Hall–Kier alpha value is -0.610. The molecule has 3 N–H and O–H groups in total. The summed E-state index contributed by atoms with van der Waals surface area (Å²) in [6.07, 6.45) is 3.27. The van der Waals surface area contributed by atoms with Gasteiger partial charge in [-0.05, 0) is 32.2 Å². The Kier molecular flexibility index (Phi) is 4.90. The van der Waals surface area contributed by atoms with E-state index < -0.39 is 0 Å². The highest BCUT2D eigenvalue weighted by Crippen LogP contribution is 2.17. The lowest BCUT2D eigenvalue weighted by Crippen LogP contribution is -2.42. The van der Waals surface area contributed by atoms with Crippen LogP contribution in [0.1, 0.15) is 32.6 Å². The zero-order chi connectivity index (χ0) is 10.4. The largest absolute Gasteiger partial charge is 0.393 e. The summed E-state index contributed by atoms with van der Waals surface area (Å²) in [6.45, 7) is 3.19. The summed E-state index contributed by atoms with van der Waals surface area (Å²) in [4.78, 5) is 11.3. The second kappa shape index (κ2) is 5.98. The Bertz CT molecular complexity index is 177. The van der Waals surface area contributed by atoms with E-state index in [1.807, 2.05) is 6.92 Å². The summed E-state index contributed by atoms with van der Waals surface area (Å²) in [6, 6.07) is 0.268. The van der Waals surface area contributed by atoms with Gasteiger partial charge in [0.2, 0.25) is 5.91 Å². The number of nitrogens with one attached hydrogen (secondary N) is 2. The first-order valence-electron chi connectivity index (χ1n) is 5.40. The van der Waals surface area contributed by atoms with Crippen molar-refractivity contribution in [3.05, 3.63) is 0 Å². The van der Waals surface area contributed by atoms with Crippen LogP contribution in [0, 0.1) is 0 Å². The fourth-order valence-corrected chi connectivity index (χ4v) is 1.74. The molecule has 0 aliphatic heterocycles. The number of hydrogen-bond acceptors (Lipinski definition) is 3. The minimum atomic E-state index is -0.156. The fourth-order valence-electron chi connectivity index (χ4n) is 1.74. The fraction of sp³-hybridized carbons (Fsp3) is 0.900. The van der Waals surface area contributed by atoms with Crippen LogP contribution in [0.5, 0.6) is 0 Å². The summed E-state index contributed by atoms with van der Waals surface area (Å²) in [7, 11) is 0. The Morgan fingerprint density at radius 3 is 2.57 bits per heavy atom. The van der Waals surface area contributed by atoms with Crippen molar-refractivity contribution in [3.63, 3.8) is 0 Å². The molecule has 0 saturated heterocycles. The number of hydrogen-bond donors (Lipinski definition) is 3.